The molecule has 8 heteroatoms. The maximum Gasteiger partial charge on any atom is 0.216 e. The fourth-order valence-electron chi connectivity index (χ4n) is 1.35. The molecule has 3 N–H and O–H groups in total. The number of hydrogen-bond donors (Lipinski definition) is 2. The Balaban J connectivity index is 0.00000324. The Kier molecular flexibility index (Phi) is 7.09. The third-order valence-electron chi connectivity index (χ3n) is 2.28. The van der Waals surface area contributed by atoms with Gasteiger partial charge in [0.15, 0.2) is 0 Å². The van der Waals surface area contributed by atoms with Crippen molar-refractivity contribution in [2.45, 2.75) is 25.1 Å². The third-order valence-corrected chi connectivity index (χ3v) is 4.60. The molecule has 0 spiro atoms. The van der Waals surface area contributed by atoms with Crippen molar-refractivity contribution < 1.29 is 8.42 Å². The monoisotopic (exact) mass is 346 g/mol. The molecule has 0 amide bonds. The maximum atomic E-state index is 11.9. The molecule has 0 bridgehead atoms. The molecule has 0 saturated heterocycles. The number of nitrogens with one attached hydrogen (secondary N) is 1. The minimum atomic E-state index is -3.47. The zero-order valence-corrected chi connectivity index (χ0v) is 13.8. The molecule has 0 heterocycles. The third kappa shape index (κ3) is 6.29. The minimum Gasteiger partial charge on any atom is -0.329 e. The number of hydrogen-bond acceptors (Lipinski definition) is 3. The van der Waals surface area contributed by atoms with E-state index in [-0.39, 0.29) is 24.7 Å². The first-order valence-electron chi connectivity index (χ1n) is 5.31. The standard InChI is InChI=1S/C11H16Cl2N2O2S.ClH/c1-11(2,7-14)15-18(16,17)6-8-3-4-9(12)10(13)5-8;/h3-5,15H,6-7,14H2,1-2H3;1H. The molecule has 0 aliphatic carbocycles. The van der Waals surface area contributed by atoms with Crippen molar-refractivity contribution >= 4 is 45.6 Å². The van der Waals surface area contributed by atoms with Gasteiger partial charge in [-0.1, -0.05) is 29.3 Å². The van der Waals surface area contributed by atoms with Gasteiger partial charge in [-0.15, -0.1) is 12.4 Å². The van der Waals surface area contributed by atoms with Crippen molar-refractivity contribution in [2.24, 2.45) is 5.73 Å². The lowest BCUT2D eigenvalue weighted by Crippen LogP contribution is -2.49. The molecule has 1 aromatic carbocycles. The largest absolute Gasteiger partial charge is 0.329 e. The molecule has 1 aromatic rings. The Morgan fingerprint density at radius 2 is 1.84 bits per heavy atom. The number of rotatable bonds is 5. The summed E-state index contributed by atoms with van der Waals surface area (Å²) in [5.41, 5.74) is 5.39. The van der Waals surface area contributed by atoms with E-state index in [0.29, 0.717) is 15.6 Å². The van der Waals surface area contributed by atoms with Crippen LogP contribution in [0.5, 0.6) is 0 Å². The average molecular weight is 348 g/mol. The Morgan fingerprint density at radius 1 is 1.26 bits per heavy atom. The van der Waals surface area contributed by atoms with Gasteiger partial charge >= 0.3 is 0 Å². The zero-order valence-electron chi connectivity index (χ0n) is 10.6. The van der Waals surface area contributed by atoms with E-state index in [1.807, 2.05) is 0 Å². The number of nitrogens with two attached hydrogens (primary N) is 1. The summed E-state index contributed by atoms with van der Waals surface area (Å²) in [6.07, 6.45) is 0. The zero-order chi connectivity index (χ0) is 14.0. The first kappa shape index (κ1) is 19.0. The van der Waals surface area contributed by atoms with E-state index in [0.717, 1.165) is 0 Å². The van der Waals surface area contributed by atoms with E-state index in [1.54, 1.807) is 32.0 Å². The fraction of sp³-hybridized carbons (Fsp3) is 0.455. The van der Waals surface area contributed by atoms with Gasteiger partial charge in [-0.25, -0.2) is 13.1 Å². The van der Waals surface area contributed by atoms with Crippen LogP contribution in [0.3, 0.4) is 0 Å². The van der Waals surface area contributed by atoms with E-state index >= 15 is 0 Å². The van der Waals surface area contributed by atoms with Gasteiger partial charge in [0.2, 0.25) is 10.0 Å². The Hall–Kier alpha value is -0.0400. The normalized spacial score (nSPS) is 12.1. The summed E-state index contributed by atoms with van der Waals surface area (Å²) in [4.78, 5) is 0. The molecule has 0 saturated carbocycles. The molecule has 0 fully saturated rings. The Bertz CT molecular complexity index is 533. The van der Waals surface area contributed by atoms with Gasteiger partial charge in [-0.2, -0.15) is 0 Å². The molecule has 0 aliphatic heterocycles. The van der Waals surface area contributed by atoms with E-state index in [4.69, 9.17) is 28.9 Å². The van der Waals surface area contributed by atoms with Crippen molar-refractivity contribution in [3.05, 3.63) is 33.8 Å². The van der Waals surface area contributed by atoms with Crippen LogP contribution in [0.2, 0.25) is 10.0 Å². The molecule has 1 rings (SSSR count). The molecule has 110 valence electrons. The van der Waals surface area contributed by atoms with Gasteiger partial charge in [0.05, 0.1) is 15.8 Å². The second-order valence-corrected chi connectivity index (χ2v) is 7.23. The lowest BCUT2D eigenvalue weighted by molar-refractivity contribution is 0.462. The van der Waals surface area contributed by atoms with Gasteiger partial charge in [-0.05, 0) is 31.5 Å². The highest BCUT2D eigenvalue weighted by Gasteiger charge is 2.23. The second kappa shape index (κ2) is 7.11. The minimum absolute atomic E-state index is 0. The van der Waals surface area contributed by atoms with Gasteiger partial charge in [0, 0.05) is 12.1 Å². The van der Waals surface area contributed by atoms with Crippen LogP contribution in [-0.4, -0.2) is 20.5 Å². The molecular formula is C11H17Cl3N2O2S. The van der Waals surface area contributed by atoms with Crippen molar-refractivity contribution in [3.8, 4) is 0 Å². The van der Waals surface area contributed by atoms with Crippen LogP contribution in [-0.2, 0) is 15.8 Å². The van der Waals surface area contributed by atoms with E-state index in [9.17, 15) is 8.42 Å². The maximum absolute atomic E-state index is 11.9. The summed E-state index contributed by atoms with van der Waals surface area (Å²) in [6.45, 7) is 3.66. The van der Waals surface area contributed by atoms with Crippen LogP contribution in [0.4, 0.5) is 0 Å². The fourth-order valence-corrected chi connectivity index (χ4v) is 3.28. The predicted molar refractivity (Wildman–Crippen MR) is 82.6 cm³/mol. The van der Waals surface area contributed by atoms with Crippen molar-refractivity contribution in [1.82, 2.24) is 4.72 Å². The molecule has 0 radical (unpaired) electrons. The second-order valence-electron chi connectivity index (χ2n) is 4.70. The van der Waals surface area contributed by atoms with E-state index in [1.165, 1.54) is 0 Å². The first-order chi connectivity index (χ1) is 8.15. The van der Waals surface area contributed by atoms with Gasteiger partial charge in [0.1, 0.15) is 0 Å². The molecule has 0 atom stereocenters. The van der Waals surface area contributed by atoms with Crippen LogP contribution in [0, 0.1) is 0 Å². The molecule has 19 heavy (non-hydrogen) atoms. The molecule has 0 unspecified atom stereocenters. The van der Waals surface area contributed by atoms with Crippen molar-refractivity contribution in [2.75, 3.05) is 6.54 Å². The lowest BCUT2D eigenvalue weighted by Gasteiger charge is -2.23. The van der Waals surface area contributed by atoms with Gasteiger partial charge in [0.25, 0.3) is 0 Å². The highest BCUT2D eigenvalue weighted by Crippen LogP contribution is 2.23. The summed E-state index contributed by atoms with van der Waals surface area (Å²) < 4.78 is 26.4. The van der Waals surface area contributed by atoms with Crippen LogP contribution in [0.15, 0.2) is 18.2 Å². The quantitative estimate of drug-likeness (QED) is 0.860. The predicted octanol–water partition coefficient (Wildman–Crippen LogP) is 2.57. The van der Waals surface area contributed by atoms with Crippen LogP contribution in [0.1, 0.15) is 19.4 Å². The SMILES string of the molecule is CC(C)(CN)NS(=O)(=O)Cc1ccc(Cl)c(Cl)c1.Cl. The summed E-state index contributed by atoms with van der Waals surface area (Å²) in [7, 11) is -3.47. The smallest absolute Gasteiger partial charge is 0.216 e. The molecular weight excluding hydrogens is 331 g/mol. The number of halogens is 3. The van der Waals surface area contributed by atoms with Crippen LogP contribution < -0.4 is 10.5 Å². The molecule has 4 nitrogen and oxygen atoms in total. The number of benzene rings is 1. The van der Waals surface area contributed by atoms with Gasteiger partial charge < -0.3 is 5.73 Å². The summed E-state index contributed by atoms with van der Waals surface area (Å²) in [5.74, 6) is -0.159. The summed E-state index contributed by atoms with van der Waals surface area (Å²) in [5, 5.41) is 0.732. The van der Waals surface area contributed by atoms with E-state index < -0.39 is 15.6 Å². The highest BCUT2D eigenvalue weighted by atomic mass is 35.5. The lowest BCUT2D eigenvalue weighted by atomic mass is 10.1. The molecule has 0 aromatic heterocycles. The molecule has 0 aliphatic rings. The van der Waals surface area contributed by atoms with E-state index in [2.05, 4.69) is 4.72 Å². The Labute approximate surface area is 130 Å². The average Bonchev–Trinajstić information content (AvgIpc) is 2.21. The first-order valence-corrected chi connectivity index (χ1v) is 7.72. The highest BCUT2D eigenvalue weighted by molar-refractivity contribution is 7.88. The Morgan fingerprint density at radius 3 is 2.32 bits per heavy atom. The van der Waals surface area contributed by atoms with Crippen molar-refractivity contribution in [3.63, 3.8) is 0 Å². The summed E-state index contributed by atoms with van der Waals surface area (Å²) >= 11 is 11.6. The topological polar surface area (TPSA) is 72.2 Å². The summed E-state index contributed by atoms with van der Waals surface area (Å²) in [6, 6.07) is 4.74. The number of sulfonamides is 1. The van der Waals surface area contributed by atoms with Gasteiger partial charge in [-0.3, -0.25) is 0 Å². The van der Waals surface area contributed by atoms with Crippen LogP contribution in [0.25, 0.3) is 0 Å². The van der Waals surface area contributed by atoms with Crippen LogP contribution >= 0.6 is 35.6 Å². The van der Waals surface area contributed by atoms with Crippen molar-refractivity contribution in [1.29, 1.82) is 0 Å².